The Morgan fingerprint density at radius 2 is 2.00 bits per heavy atom. The van der Waals surface area contributed by atoms with Crippen molar-refractivity contribution < 1.29 is 0 Å². The summed E-state index contributed by atoms with van der Waals surface area (Å²) in [6.45, 7) is 7.69. The van der Waals surface area contributed by atoms with Gasteiger partial charge in [0.05, 0.1) is 6.20 Å². The van der Waals surface area contributed by atoms with Gasteiger partial charge in [0, 0.05) is 25.3 Å². The molecule has 0 saturated carbocycles. The Morgan fingerprint density at radius 3 is 2.64 bits per heavy atom. The van der Waals surface area contributed by atoms with Crippen LogP contribution >= 0.6 is 0 Å². The standard InChI is InChI=1S/C11H19N3/c1-3-14-10(2)9-12-11(14)13-7-5-4-6-8-13/h9H,3-8H2,1-2H3. The summed E-state index contributed by atoms with van der Waals surface area (Å²) in [5, 5.41) is 0. The van der Waals surface area contributed by atoms with Crippen molar-refractivity contribution in [2.24, 2.45) is 0 Å². The summed E-state index contributed by atoms with van der Waals surface area (Å²) in [6, 6.07) is 0. The van der Waals surface area contributed by atoms with Crippen LogP contribution in [0.15, 0.2) is 6.20 Å². The molecule has 0 N–H and O–H groups in total. The molecule has 1 fully saturated rings. The minimum Gasteiger partial charge on any atom is -0.342 e. The molecular formula is C11H19N3. The molecule has 0 spiro atoms. The van der Waals surface area contributed by atoms with E-state index in [2.05, 4.69) is 28.3 Å². The van der Waals surface area contributed by atoms with Crippen molar-refractivity contribution >= 4 is 5.95 Å². The normalized spacial score (nSPS) is 17.4. The van der Waals surface area contributed by atoms with Gasteiger partial charge in [-0.1, -0.05) is 0 Å². The summed E-state index contributed by atoms with van der Waals surface area (Å²) < 4.78 is 2.30. The van der Waals surface area contributed by atoms with Crippen molar-refractivity contribution in [3.63, 3.8) is 0 Å². The van der Waals surface area contributed by atoms with Gasteiger partial charge >= 0.3 is 0 Å². The molecule has 0 radical (unpaired) electrons. The van der Waals surface area contributed by atoms with Gasteiger partial charge in [0.15, 0.2) is 0 Å². The highest BCUT2D eigenvalue weighted by atomic mass is 15.3. The molecule has 1 aromatic heterocycles. The predicted octanol–water partition coefficient (Wildman–Crippen LogP) is 2.20. The molecule has 1 aromatic rings. The Kier molecular flexibility index (Phi) is 2.75. The van der Waals surface area contributed by atoms with Crippen LogP contribution < -0.4 is 4.90 Å². The number of imidazole rings is 1. The summed E-state index contributed by atoms with van der Waals surface area (Å²) in [7, 11) is 0. The number of anilines is 1. The molecule has 1 aliphatic rings. The summed E-state index contributed by atoms with van der Waals surface area (Å²) in [4.78, 5) is 6.92. The predicted molar refractivity (Wildman–Crippen MR) is 58.7 cm³/mol. The van der Waals surface area contributed by atoms with Gasteiger partial charge in [-0.3, -0.25) is 0 Å². The molecule has 3 heteroatoms. The van der Waals surface area contributed by atoms with Gasteiger partial charge in [0.1, 0.15) is 0 Å². The minimum absolute atomic E-state index is 1.03. The van der Waals surface area contributed by atoms with Gasteiger partial charge < -0.3 is 9.47 Å². The van der Waals surface area contributed by atoms with Crippen molar-refractivity contribution in [3.8, 4) is 0 Å². The summed E-state index contributed by atoms with van der Waals surface area (Å²) >= 11 is 0. The van der Waals surface area contributed by atoms with E-state index in [0.29, 0.717) is 0 Å². The minimum atomic E-state index is 1.03. The quantitative estimate of drug-likeness (QED) is 0.718. The van der Waals surface area contributed by atoms with E-state index in [1.54, 1.807) is 0 Å². The van der Waals surface area contributed by atoms with Gasteiger partial charge in [0.25, 0.3) is 0 Å². The molecule has 1 aliphatic heterocycles. The zero-order valence-electron chi connectivity index (χ0n) is 9.16. The number of nitrogens with zero attached hydrogens (tertiary/aromatic N) is 3. The molecule has 0 unspecified atom stereocenters. The van der Waals surface area contributed by atoms with Gasteiger partial charge in [-0.2, -0.15) is 0 Å². The second-order valence-corrected chi connectivity index (χ2v) is 3.99. The smallest absolute Gasteiger partial charge is 0.205 e. The van der Waals surface area contributed by atoms with Crippen LogP contribution in [0.25, 0.3) is 0 Å². The number of piperidine rings is 1. The molecule has 78 valence electrons. The number of aromatic nitrogens is 2. The average molecular weight is 193 g/mol. The van der Waals surface area contributed by atoms with Crippen LogP contribution in [0, 0.1) is 6.92 Å². The lowest BCUT2D eigenvalue weighted by Gasteiger charge is -2.28. The number of rotatable bonds is 2. The molecule has 0 aromatic carbocycles. The zero-order valence-corrected chi connectivity index (χ0v) is 9.16. The zero-order chi connectivity index (χ0) is 9.97. The maximum atomic E-state index is 4.50. The lowest BCUT2D eigenvalue weighted by atomic mass is 10.1. The Morgan fingerprint density at radius 1 is 1.29 bits per heavy atom. The fraction of sp³-hybridized carbons (Fsp3) is 0.727. The van der Waals surface area contributed by atoms with E-state index in [4.69, 9.17) is 0 Å². The van der Waals surface area contributed by atoms with Crippen molar-refractivity contribution in [2.75, 3.05) is 18.0 Å². The average Bonchev–Trinajstić information content (AvgIpc) is 2.61. The van der Waals surface area contributed by atoms with E-state index in [-0.39, 0.29) is 0 Å². The van der Waals surface area contributed by atoms with E-state index < -0.39 is 0 Å². The third-order valence-corrected chi connectivity index (χ3v) is 2.99. The molecule has 0 atom stereocenters. The van der Waals surface area contributed by atoms with Crippen LogP contribution in [0.4, 0.5) is 5.95 Å². The van der Waals surface area contributed by atoms with Crippen molar-refractivity contribution in [1.29, 1.82) is 0 Å². The molecule has 14 heavy (non-hydrogen) atoms. The first-order valence-electron chi connectivity index (χ1n) is 5.60. The van der Waals surface area contributed by atoms with E-state index in [1.165, 1.54) is 44.0 Å². The second kappa shape index (κ2) is 4.03. The van der Waals surface area contributed by atoms with Crippen molar-refractivity contribution in [2.45, 2.75) is 39.7 Å². The van der Waals surface area contributed by atoms with Crippen LogP contribution in [0.5, 0.6) is 0 Å². The third kappa shape index (κ3) is 1.63. The van der Waals surface area contributed by atoms with Gasteiger partial charge in [-0.15, -0.1) is 0 Å². The SMILES string of the molecule is CCn1c(C)cnc1N1CCCCC1. The fourth-order valence-electron chi connectivity index (χ4n) is 2.19. The summed E-state index contributed by atoms with van der Waals surface area (Å²) in [6.07, 6.45) is 5.99. The molecule has 2 rings (SSSR count). The van der Waals surface area contributed by atoms with Crippen LogP contribution in [-0.4, -0.2) is 22.6 Å². The molecule has 1 saturated heterocycles. The highest BCUT2D eigenvalue weighted by molar-refractivity contribution is 5.34. The van der Waals surface area contributed by atoms with E-state index in [1.807, 2.05) is 6.20 Å². The Hall–Kier alpha value is -0.990. The lowest BCUT2D eigenvalue weighted by molar-refractivity contribution is 0.555. The fourth-order valence-corrected chi connectivity index (χ4v) is 2.19. The van der Waals surface area contributed by atoms with Crippen LogP contribution in [0.3, 0.4) is 0 Å². The highest BCUT2D eigenvalue weighted by Gasteiger charge is 2.16. The van der Waals surface area contributed by atoms with E-state index >= 15 is 0 Å². The number of aryl methyl sites for hydroxylation is 1. The molecule has 0 amide bonds. The first kappa shape index (κ1) is 9.56. The number of hydrogen-bond donors (Lipinski definition) is 0. The van der Waals surface area contributed by atoms with Gasteiger partial charge in [0.2, 0.25) is 5.95 Å². The summed E-state index contributed by atoms with van der Waals surface area (Å²) in [5.74, 6) is 1.17. The largest absolute Gasteiger partial charge is 0.342 e. The summed E-state index contributed by atoms with van der Waals surface area (Å²) in [5.41, 5.74) is 1.27. The topological polar surface area (TPSA) is 21.1 Å². The molecule has 0 aliphatic carbocycles. The van der Waals surface area contributed by atoms with Crippen LogP contribution in [0.2, 0.25) is 0 Å². The van der Waals surface area contributed by atoms with E-state index in [0.717, 1.165) is 6.54 Å². The third-order valence-electron chi connectivity index (χ3n) is 2.99. The van der Waals surface area contributed by atoms with Crippen LogP contribution in [0.1, 0.15) is 31.9 Å². The first-order chi connectivity index (χ1) is 6.83. The molecule has 3 nitrogen and oxygen atoms in total. The highest BCUT2D eigenvalue weighted by Crippen LogP contribution is 2.19. The molecular weight excluding hydrogens is 174 g/mol. The molecule has 0 bridgehead atoms. The maximum Gasteiger partial charge on any atom is 0.205 e. The Labute approximate surface area is 85.7 Å². The molecule has 2 heterocycles. The maximum absolute atomic E-state index is 4.50. The number of hydrogen-bond acceptors (Lipinski definition) is 2. The monoisotopic (exact) mass is 193 g/mol. The Balaban J connectivity index is 2.21. The van der Waals surface area contributed by atoms with Crippen molar-refractivity contribution in [3.05, 3.63) is 11.9 Å². The Bertz CT molecular complexity index is 297. The second-order valence-electron chi connectivity index (χ2n) is 3.99. The van der Waals surface area contributed by atoms with E-state index in [9.17, 15) is 0 Å². The lowest BCUT2D eigenvalue weighted by Crippen LogP contribution is -2.31. The van der Waals surface area contributed by atoms with Gasteiger partial charge in [-0.25, -0.2) is 4.98 Å². The first-order valence-corrected chi connectivity index (χ1v) is 5.60. The van der Waals surface area contributed by atoms with Crippen molar-refractivity contribution in [1.82, 2.24) is 9.55 Å². The van der Waals surface area contributed by atoms with Gasteiger partial charge in [-0.05, 0) is 33.1 Å². The van der Waals surface area contributed by atoms with Crippen LogP contribution in [-0.2, 0) is 6.54 Å².